The molecular formula is C16H34N2O. The smallest absolute Gasteiger partial charge is 0.0431 e. The Balaban J connectivity index is 2.23. The van der Waals surface area contributed by atoms with Gasteiger partial charge in [-0.3, -0.25) is 0 Å². The molecule has 1 saturated carbocycles. The minimum absolute atomic E-state index is 0.342. The van der Waals surface area contributed by atoms with Crippen molar-refractivity contribution in [3.05, 3.63) is 0 Å². The van der Waals surface area contributed by atoms with Gasteiger partial charge in [-0.05, 0) is 52.2 Å². The van der Waals surface area contributed by atoms with Gasteiger partial charge in [0.2, 0.25) is 0 Å². The molecular weight excluding hydrogens is 236 g/mol. The molecule has 0 bridgehead atoms. The summed E-state index contributed by atoms with van der Waals surface area (Å²) < 4.78 is 0. The molecule has 3 nitrogen and oxygen atoms in total. The summed E-state index contributed by atoms with van der Waals surface area (Å²) in [5.41, 5.74) is 0.378. The molecule has 0 amide bonds. The predicted molar refractivity (Wildman–Crippen MR) is 82.5 cm³/mol. The summed E-state index contributed by atoms with van der Waals surface area (Å²) >= 11 is 0. The number of hydrogen-bond acceptors (Lipinski definition) is 3. The fraction of sp³-hybridized carbons (Fsp3) is 1.00. The van der Waals surface area contributed by atoms with Gasteiger partial charge in [-0.25, -0.2) is 0 Å². The lowest BCUT2D eigenvalue weighted by Gasteiger charge is -2.45. The van der Waals surface area contributed by atoms with Crippen molar-refractivity contribution in [1.29, 1.82) is 0 Å². The topological polar surface area (TPSA) is 35.5 Å². The number of aliphatic hydroxyl groups is 1. The molecule has 0 aromatic rings. The lowest BCUT2D eigenvalue weighted by molar-refractivity contribution is 0.0753. The van der Waals surface area contributed by atoms with E-state index in [1.165, 1.54) is 38.5 Å². The number of hydrogen-bond donors (Lipinski definition) is 2. The number of unbranched alkanes of at least 4 members (excludes halogenated alkanes) is 3. The maximum Gasteiger partial charge on any atom is 0.0431 e. The fourth-order valence-electron chi connectivity index (χ4n) is 3.39. The molecule has 2 unspecified atom stereocenters. The van der Waals surface area contributed by atoms with Crippen LogP contribution in [0.15, 0.2) is 0 Å². The van der Waals surface area contributed by atoms with Gasteiger partial charge in [-0.2, -0.15) is 0 Å². The molecule has 2 atom stereocenters. The first-order chi connectivity index (χ1) is 9.10. The van der Waals surface area contributed by atoms with E-state index in [4.69, 9.17) is 5.11 Å². The molecule has 1 rings (SSSR count). The summed E-state index contributed by atoms with van der Waals surface area (Å²) in [6.07, 6.45) is 10.0. The summed E-state index contributed by atoms with van der Waals surface area (Å²) in [5, 5.41) is 12.4. The van der Waals surface area contributed by atoms with E-state index >= 15 is 0 Å². The SMILES string of the molecule is CC1CCCC(CNCCCCCCO)(N(C)C)C1. The standard InChI is InChI=1S/C16H34N2O/c1-15-9-8-10-16(13-15,18(2)3)14-17-11-6-4-5-7-12-19/h15,17,19H,4-14H2,1-3H3. The van der Waals surface area contributed by atoms with E-state index in [1.54, 1.807) is 0 Å². The van der Waals surface area contributed by atoms with Crippen LogP contribution in [0.1, 0.15) is 58.3 Å². The van der Waals surface area contributed by atoms with Crippen LogP contribution in [0.5, 0.6) is 0 Å². The van der Waals surface area contributed by atoms with E-state index in [1.807, 2.05) is 0 Å². The lowest BCUT2D eigenvalue weighted by atomic mass is 9.75. The lowest BCUT2D eigenvalue weighted by Crippen LogP contribution is -2.54. The number of rotatable bonds is 9. The Hall–Kier alpha value is -0.120. The van der Waals surface area contributed by atoms with Crippen LogP contribution >= 0.6 is 0 Å². The van der Waals surface area contributed by atoms with E-state index in [0.29, 0.717) is 12.1 Å². The molecule has 0 aromatic carbocycles. The van der Waals surface area contributed by atoms with Gasteiger partial charge in [0.05, 0.1) is 0 Å². The zero-order valence-electron chi connectivity index (χ0n) is 13.2. The molecule has 3 heteroatoms. The van der Waals surface area contributed by atoms with Gasteiger partial charge in [-0.15, -0.1) is 0 Å². The molecule has 0 saturated heterocycles. The van der Waals surface area contributed by atoms with E-state index in [9.17, 15) is 0 Å². The van der Waals surface area contributed by atoms with Crippen LogP contribution in [-0.2, 0) is 0 Å². The summed E-state index contributed by atoms with van der Waals surface area (Å²) in [5.74, 6) is 0.863. The first kappa shape index (κ1) is 16.9. The van der Waals surface area contributed by atoms with Crippen molar-refractivity contribution < 1.29 is 5.11 Å². The van der Waals surface area contributed by atoms with E-state index in [0.717, 1.165) is 31.8 Å². The third-order valence-corrected chi connectivity index (χ3v) is 4.73. The molecule has 2 N–H and O–H groups in total. The van der Waals surface area contributed by atoms with Crippen molar-refractivity contribution in [2.24, 2.45) is 5.92 Å². The zero-order valence-corrected chi connectivity index (χ0v) is 13.2. The van der Waals surface area contributed by atoms with E-state index in [-0.39, 0.29) is 0 Å². The van der Waals surface area contributed by atoms with Crippen molar-refractivity contribution in [2.45, 2.75) is 63.8 Å². The quantitative estimate of drug-likeness (QED) is 0.632. The number of nitrogens with one attached hydrogen (secondary N) is 1. The molecule has 19 heavy (non-hydrogen) atoms. The molecule has 0 spiro atoms. The largest absolute Gasteiger partial charge is 0.396 e. The molecule has 0 aromatic heterocycles. The van der Waals surface area contributed by atoms with Crippen LogP contribution < -0.4 is 5.32 Å². The highest BCUT2D eigenvalue weighted by Gasteiger charge is 2.36. The summed E-state index contributed by atoms with van der Waals surface area (Å²) in [7, 11) is 4.47. The van der Waals surface area contributed by atoms with Crippen LogP contribution in [0.2, 0.25) is 0 Å². The fourth-order valence-corrected chi connectivity index (χ4v) is 3.39. The van der Waals surface area contributed by atoms with Gasteiger partial charge in [0.1, 0.15) is 0 Å². The van der Waals surface area contributed by atoms with Crippen LogP contribution in [0.4, 0.5) is 0 Å². The normalized spacial score (nSPS) is 27.9. The van der Waals surface area contributed by atoms with Crippen LogP contribution in [0.25, 0.3) is 0 Å². The summed E-state index contributed by atoms with van der Waals surface area (Å²) in [6.45, 7) is 4.99. The predicted octanol–water partition coefficient (Wildman–Crippen LogP) is 2.64. The van der Waals surface area contributed by atoms with Crippen LogP contribution in [0, 0.1) is 5.92 Å². The van der Waals surface area contributed by atoms with Crippen molar-refractivity contribution in [2.75, 3.05) is 33.8 Å². The Bertz CT molecular complexity index is 233. The van der Waals surface area contributed by atoms with Crippen molar-refractivity contribution in [3.63, 3.8) is 0 Å². The van der Waals surface area contributed by atoms with Gasteiger partial charge >= 0.3 is 0 Å². The molecule has 0 radical (unpaired) electrons. The third kappa shape index (κ3) is 5.80. The Kier molecular flexibility index (Phi) is 7.96. The van der Waals surface area contributed by atoms with Gasteiger partial charge in [-0.1, -0.05) is 32.6 Å². The van der Waals surface area contributed by atoms with Gasteiger partial charge in [0, 0.05) is 18.7 Å². The Morgan fingerprint density at radius 1 is 1.21 bits per heavy atom. The van der Waals surface area contributed by atoms with Crippen molar-refractivity contribution in [1.82, 2.24) is 10.2 Å². The highest BCUT2D eigenvalue weighted by atomic mass is 16.2. The average Bonchev–Trinajstić information content (AvgIpc) is 2.37. The molecule has 114 valence electrons. The highest BCUT2D eigenvalue weighted by Crippen LogP contribution is 2.35. The van der Waals surface area contributed by atoms with Gasteiger partial charge in [0.15, 0.2) is 0 Å². The average molecular weight is 270 g/mol. The Morgan fingerprint density at radius 2 is 1.95 bits per heavy atom. The van der Waals surface area contributed by atoms with Gasteiger partial charge in [0.25, 0.3) is 0 Å². The summed E-state index contributed by atoms with van der Waals surface area (Å²) in [6, 6.07) is 0. The zero-order chi connectivity index (χ0) is 14.1. The summed E-state index contributed by atoms with van der Waals surface area (Å²) in [4.78, 5) is 2.45. The number of likely N-dealkylation sites (N-methyl/N-ethyl adjacent to an activating group) is 1. The minimum atomic E-state index is 0.342. The second kappa shape index (κ2) is 8.93. The van der Waals surface area contributed by atoms with Crippen LogP contribution in [-0.4, -0.2) is 49.3 Å². The highest BCUT2D eigenvalue weighted by molar-refractivity contribution is 4.94. The molecule has 1 fully saturated rings. The monoisotopic (exact) mass is 270 g/mol. The second-order valence-corrected chi connectivity index (χ2v) is 6.63. The molecule has 1 aliphatic carbocycles. The molecule has 0 heterocycles. The second-order valence-electron chi connectivity index (χ2n) is 6.63. The number of aliphatic hydroxyl groups excluding tert-OH is 1. The van der Waals surface area contributed by atoms with Crippen molar-refractivity contribution >= 4 is 0 Å². The van der Waals surface area contributed by atoms with Gasteiger partial charge < -0.3 is 15.3 Å². The number of nitrogens with zero attached hydrogens (tertiary/aromatic N) is 1. The maximum atomic E-state index is 8.74. The Morgan fingerprint density at radius 3 is 2.58 bits per heavy atom. The first-order valence-corrected chi connectivity index (χ1v) is 8.10. The minimum Gasteiger partial charge on any atom is -0.396 e. The molecule has 1 aliphatic rings. The van der Waals surface area contributed by atoms with Crippen LogP contribution in [0.3, 0.4) is 0 Å². The van der Waals surface area contributed by atoms with Crippen molar-refractivity contribution in [3.8, 4) is 0 Å². The Labute approximate surface area is 119 Å². The molecule has 0 aliphatic heterocycles. The van der Waals surface area contributed by atoms with E-state index in [2.05, 4.69) is 31.2 Å². The first-order valence-electron chi connectivity index (χ1n) is 8.10. The van der Waals surface area contributed by atoms with E-state index < -0.39 is 0 Å². The maximum absolute atomic E-state index is 8.74. The third-order valence-electron chi connectivity index (χ3n) is 4.73.